The summed E-state index contributed by atoms with van der Waals surface area (Å²) in [6, 6.07) is 0. The predicted octanol–water partition coefficient (Wildman–Crippen LogP) is 1.59. The highest BCUT2D eigenvalue weighted by Crippen LogP contribution is 1.95. The molecule has 0 saturated heterocycles. The van der Waals surface area contributed by atoms with Gasteiger partial charge in [0.15, 0.2) is 0 Å². The lowest BCUT2D eigenvalue weighted by molar-refractivity contribution is 0.317. The molecule has 0 radical (unpaired) electrons. The molecule has 2 nitrogen and oxygen atoms in total. The summed E-state index contributed by atoms with van der Waals surface area (Å²) in [4.78, 5) is 0. The zero-order valence-corrected chi connectivity index (χ0v) is 6.03. The Kier molecular flexibility index (Phi) is 4.85. The lowest BCUT2D eigenvalue weighted by Gasteiger charge is -1.93. The van der Waals surface area contributed by atoms with Gasteiger partial charge in [-0.3, -0.25) is 0 Å². The van der Waals surface area contributed by atoms with Gasteiger partial charge in [0.1, 0.15) is 0 Å². The molecule has 0 bridgehead atoms. The summed E-state index contributed by atoms with van der Waals surface area (Å²) in [5.41, 5.74) is 0.859. The molecule has 0 atom stereocenters. The molecule has 0 aliphatic rings. The zero-order valence-electron chi connectivity index (χ0n) is 5.22. The minimum absolute atomic E-state index is 0.840. The average molecular weight is 133 g/mol. The second kappa shape index (κ2) is 4.97. The summed E-state index contributed by atoms with van der Waals surface area (Å²) in [5.74, 6) is 0.840. The molecule has 0 aromatic heterocycles. The van der Waals surface area contributed by atoms with E-state index in [0.29, 0.717) is 0 Å². The molecule has 0 amide bonds. The number of oxime groups is 1. The summed E-state index contributed by atoms with van der Waals surface area (Å²) < 4.78 is 0. The van der Waals surface area contributed by atoms with E-state index in [0.717, 1.165) is 17.9 Å². The Labute approximate surface area is 54.0 Å². The van der Waals surface area contributed by atoms with Gasteiger partial charge in [0, 0.05) is 5.75 Å². The van der Waals surface area contributed by atoms with Gasteiger partial charge < -0.3 is 5.21 Å². The first kappa shape index (κ1) is 7.82. The van der Waals surface area contributed by atoms with E-state index >= 15 is 0 Å². The normalized spacial score (nSPS) is 12.0. The van der Waals surface area contributed by atoms with Crippen molar-refractivity contribution in [1.82, 2.24) is 0 Å². The predicted molar refractivity (Wildman–Crippen MR) is 37.9 cm³/mol. The van der Waals surface area contributed by atoms with Crippen molar-refractivity contribution in [2.45, 2.75) is 13.3 Å². The highest BCUT2D eigenvalue weighted by atomic mass is 32.2. The lowest BCUT2D eigenvalue weighted by atomic mass is 10.3. The fourth-order valence-corrected chi connectivity index (χ4v) is 0.963. The zero-order chi connectivity index (χ0) is 6.41. The van der Waals surface area contributed by atoms with E-state index in [9.17, 15) is 0 Å². The molecule has 0 aromatic carbocycles. The summed E-state index contributed by atoms with van der Waals surface area (Å²) in [6.45, 7) is 1.98. The monoisotopic (exact) mass is 133 g/mol. The molecule has 0 heterocycles. The van der Waals surface area contributed by atoms with Crippen LogP contribution in [0.15, 0.2) is 5.16 Å². The molecule has 0 aliphatic heterocycles. The number of rotatable bonds is 3. The Balaban J connectivity index is 3.38. The molecule has 0 fully saturated rings. The van der Waals surface area contributed by atoms with Crippen molar-refractivity contribution in [1.29, 1.82) is 0 Å². The molecule has 0 saturated carbocycles. The van der Waals surface area contributed by atoms with Gasteiger partial charge in [0.05, 0.1) is 5.71 Å². The van der Waals surface area contributed by atoms with Crippen LogP contribution >= 0.6 is 11.8 Å². The molecule has 3 heteroatoms. The van der Waals surface area contributed by atoms with Crippen LogP contribution in [0, 0.1) is 0 Å². The van der Waals surface area contributed by atoms with Crippen LogP contribution < -0.4 is 0 Å². The number of nitrogens with zero attached hydrogens (tertiary/aromatic N) is 1. The van der Waals surface area contributed by atoms with Crippen LogP contribution in [0.1, 0.15) is 13.3 Å². The molecule has 0 spiro atoms. The number of thioether (sulfide) groups is 1. The van der Waals surface area contributed by atoms with E-state index in [1.54, 1.807) is 11.8 Å². The SMILES string of the molecule is CCC(CSC)=NO. The van der Waals surface area contributed by atoms with E-state index in [-0.39, 0.29) is 0 Å². The van der Waals surface area contributed by atoms with Gasteiger partial charge in [-0.05, 0) is 12.7 Å². The third-order valence-corrected chi connectivity index (χ3v) is 1.48. The minimum atomic E-state index is 0.840. The molecule has 0 unspecified atom stereocenters. The van der Waals surface area contributed by atoms with E-state index in [4.69, 9.17) is 5.21 Å². The lowest BCUT2D eigenvalue weighted by Crippen LogP contribution is -1.98. The largest absolute Gasteiger partial charge is 0.411 e. The molecule has 8 heavy (non-hydrogen) atoms. The maximum atomic E-state index is 8.23. The molecule has 0 aromatic rings. The van der Waals surface area contributed by atoms with Crippen LogP contribution in [0.25, 0.3) is 0 Å². The van der Waals surface area contributed by atoms with Crippen molar-refractivity contribution in [3.63, 3.8) is 0 Å². The number of hydrogen-bond donors (Lipinski definition) is 1. The third kappa shape index (κ3) is 2.91. The van der Waals surface area contributed by atoms with Crippen molar-refractivity contribution in [3.05, 3.63) is 0 Å². The third-order valence-electron chi connectivity index (χ3n) is 0.860. The molecular weight excluding hydrogens is 122 g/mol. The van der Waals surface area contributed by atoms with Crippen LogP contribution in [0.3, 0.4) is 0 Å². The van der Waals surface area contributed by atoms with Gasteiger partial charge in [0.25, 0.3) is 0 Å². The summed E-state index contributed by atoms with van der Waals surface area (Å²) >= 11 is 1.67. The quantitative estimate of drug-likeness (QED) is 0.360. The number of hydrogen-bond acceptors (Lipinski definition) is 3. The maximum absolute atomic E-state index is 8.23. The van der Waals surface area contributed by atoms with Crippen molar-refractivity contribution in [3.8, 4) is 0 Å². The molecular formula is C5H11NOS. The maximum Gasteiger partial charge on any atom is 0.0666 e. The summed E-state index contributed by atoms with van der Waals surface area (Å²) in [7, 11) is 0. The fraction of sp³-hybridized carbons (Fsp3) is 0.800. The second-order valence-corrected chi connectivity index (χ2v) is 2.32. The topological polar surface area (TPSA) is 32.6 Å². The van der Waals surface area contributed by atoms with Crippen LogP contribution in [0.2, 0.25) is 0 Å². The first-order valence-electron chi connectivity index (χ1n) is 2.53. The van der Waals surface area contributed by atoms with Gasteiger partial charge in [0.2, 0.25) is 0 Å². The Hall–Kier alpha value is -0.180. The van der Waals surface area contributed by atoms with E-state index in [1.165, 1.54) is 0 Å². The highest BCUT2D eigenvalue weighted by molar-refractivity contribution is 7.99. The summed E-state index contributed by atoms with van der Waals surface area (Å²) in [6.07, 6.45) is 2.83. The molecule has 48 valence electrons. The second-order valence-electron chi connectivity index (χ2n) is 1.45. The van der Waals surface area contributed by atoms with Crippen LogP contribution in [-0.2, 0) is 0 Å². The van der Waals surface area contributed by atoms with Crippen molar-refractivity contribution < 1.29 is 5.21 Å². The van der Waals surface area contributed by atoms with E-state index in [1.807, 2.05) is 13.2 Å². The first-order chi connectivity index (χ1) is 3.85. The van der Waals surface area contributed by atoms with Gasteiger partial charge in [-0.2, -0.15) is 11.8 Å². The van der Waals surface area contributed by atoms with Crippen LogP contribution in [0.5, 0.6) is 0 Å². The van der Waals surface area contributed by atoms with Crippen molar-refractivity contribution in [2.24, 2.45) is 5.16 Å². The van der Waals surface area contributed by atoms with Gasteiger partial charge >= 0.3 is 0 Å². The van der Waals surface area contributed by atoms with Gasteiger partial charge in [-0.25, -0.2) is 0 Å². The highest BCUT2D eigenvalue weighted by Gasteiger charge is 1.91. The average Bonchev–Trinajstić information content (AvgIpc) is 1.83. The summed E-state index contributed by atoms with van der Waals surface area (Å²) in [5, 5.41) is 11.3. The fourth-order valence-electron chi connectivity index (χ4n) is 0.368. The van der Waals surface area contributed by atoms with Gasteiger partial charge in [-0.15, -0.1) is 0 Å². The van der Waals surface area contributed by atoms with E-state index in [2.05, 4.69) is 5.16 Å². The Morgan fingerprint density at radius 1 is 1.75 bits per heavy atom. The Morgan fingerprint density at radius 3 is 2.50 bits per heavy atom. The van der Waals surface area contributed by atoms with Crippen molar-refractivity contribution >= 4 is 17.5 Å². The van der Waals surface area contributed by atoms with E-state index < -0.39 is 0 Å². The minimum Gasteiger partial charge on any atom is -0.411 e. The first-order valence-corrected chi connectivity index (χ1v) is 3.93. The van der Waals surface area contributed by atoms with Gasteiger partial charge in [-0.1, -0.05) is 12.1 Å². The van der Waals surface area contributed by atoms with Crippen LogP contribution in [0.4, 0.5) is 0 Å². The molecule has 1 N–H and O–H groups in total. The van der Waals surface area contributed by atoms with Crippen LogP contribution in [-0.4, -0.2) is 22.9 Å². The Morgan fingerprint density at radius 2 is 2.38 bits per heavy atom. The Bertz CT molecular complexity index is 82.5. The van der Waals surface area contributed by atoms with Crippen molar-refractivity contribution in [2.75, 3.05) is 12.0 Å². The molecule has 0 rings (SSSR count). The molecule has 0 aliphatic carbocycles. The standard InChI is InChI=1S/C5H11NOS/c1-3-5(6-7)4-8-2/h7H,3-4H2,1-2H3. The smallest absolute Gasteiger partial charge is 0.0666 e.